The van der Waals surface area contributed by atoms with Crippen molar-refractivity contribution in [3.05, 3.63) is 72.1 Å². The molecule has 2 fully saturated rings. The van der Waals surface area contributed by atoms with Gasteiger partial charge < -0.3 is 25.6 Å². The summed E-state index contributed by atoms with van der Waals surface area (Å²) in [7, 11) is 0. The molecular formula is C31H41N4O4. The number of nitrogens with one attached hydrogen (secondary N) is 1. The Morgan fingerprint density at radius 2 is 1.72 bits per heavy atom. The Morgan fingerprint density at radius 3 is 2.41 bits per heavy atom. The minimum Gasteiger partial charge on any atom is -0.489 e. The van der Waals surface area contributed by atoms with Gasteiger partial charge in [0.1, 0.15) is 18.4 Å². The molecule has 2 aromatic rings. The normalized spacial score (nSPS) is 19.0. The topological polar surface area (TPSA) is 105 Å². The van der Waals surface area contributed by atoms with Gasteiger partial charge in [-0.2, -0.15) is 0 Å². The van der Waals surface area contributed by atoms with Crippen LogP contribution in [0.4, 0.5) is 0 Å². The molecule has 0 bridgehead atoms. The summed E-state index contributed by atoms with van der Waals surface area (Å²) >= 11 is 0. The lowest BCUT2D eigenvalue weighted by atomic mass is 10.0. The number of likely N-dealkylation sites (tertiary alicyclic amines) is 2. The Hall–Kier alpha value is -3.39. The standard InChI is InChI=1S/C31H41N4O4/c1-23(30(32)37)11-16-29(36)33-28(31(38)35-19-7-10-26(35)21-34-17-5-6-18-34)20-24-12-14-27(15-13-24)39-22-25-8-3-2-4-9-25/h2-4,8-9,12-16,23,26,28H,5-7,10-11,17-22H2,1H3,(H2,32,37)(H,33,36). The molecule has 0 spiro atoms. The maximum absolute atomic E-state index is 13.8. The largest absolute Gasteiger partial charge is 0.489 e. The summed E-state index contributed by atoms with van der Waals surface area (Å²) in [4.78, 5) is 42.4. The van der Waals surface area contributed by atoms with Crippen LogP contribution < -0.4 is 15.8 Å². The fourth-order valence-electron chi connectivity index (χ4n) is 5.31. The van der Waals surface area contributed by atoms with Gasteiger partial charge in [0.2, 0.25) is 17.7 Å². The number of nitrogens with two attached hydrogens (primary N) is 1. The van der Waals surface area contributed by atoms with Gasteiger partial charge >= 0.3 is 0 Å². The van der Waals surface area contributed by atoms with Crippen molar-refractivity contribution in [3.8, 4) is 5.75 Å². The van der Waals surface area contributed by atoms with Gasteiger partial charge in [-0.15, -0.1) is 0 Å². The van der Waals surface area contributed by atoms with E-state index in [1.54, 1.807) is 6.92 Å². The minimum absolute atomic E-state index is 0.0502. The Labute approximate surface area is 231 Å². The maximum atomic E-state index is 13.8. The number of carbonyl (C=O) groups excluding carboxylic acids is 3. The second-order valence-corrected chi connectivity index (χ2v) is 10.8. The third-order valence-electron chi connectivity index (χ3n) is 7.70. The van der Waals surface area contributed by atoms with Crippen LogP contribution in [0.2, 0.25) is 0 Å². The number of rotatable bonds is 13. The lowest BCUT2D eigenvalue weighted by Gasteiger charge is -2.32. The van der Waals surface area contributed by atoms with E-state index in [0.717, 1.165) is 49.4 Å². The predicted molar refractivity (Wildman–Crippen MR) is 151 cm³/mol. The van der Waals surface area contributed by atoms with Crippen LogP contribution >= 0.6 is 0 Å². The summed E-state index contributed by atoms with van der Waals surface area (Å²) in [5.74, 6) is -0.571. The van der Waals surface area contributed by atoms with Gasteiger partial charge in [-0.25, -0.2) is 0 Å². The second kappa shape index (κ2) is 14.1. The molecule has 2 heterocycles. The number of benzene rings is 2. The van der Waals surface area contributed by atoms with Gasteiger partial charge in [0.25, 0.3) is 0 Å². The number of amides is 3. The van der Waals surface area contributed by atoms with Crippen LogP contribution in [0.5, 0.6) is 5.75 Å². The van der Waals surface area contributed by atoms with E-state index in [1.807, 2.05) is 59.5 Å². The number of hydrogen-bond acceptors (Lipinski definition) is 5. The van der Waals surface area contributed by atoms with E-state index in [9.17, 15) is 14.4 Å². The first-order valence-corrected chi connectivity index (χ1v) is 14.1. The molecule has 8 heteroatoms. The van der Waals surface area contributed by atoms with E-state index in [0.29, 0.717) is 19.6 Å². The molecule has 2 aliphatic rings. The molecule has 3 amide bonds. The average molecular weight is 534 g/mol. The molecule has 39 heavy (non-hydrogen) atoms. The summed E-state index contributed by atoms with van der Waals surface area (Å²) in [5, 5.41) is 2.93. The first kappa shape index (κ1) is 28.6. The van der Waals surface area contributed by atoms with E-state index in [-0.39, 0.29) is 24.3 Å². The quantitative estimate of drug-likeness (QED) is 0.412. The monoisotopic (exact) mass is 533 g/mol. The van der Waals surface area contributed by atoms with Crippen LogP contribution in [0.1, 0.15) is 50.2 Å². The average Bonchev–Trinajstić information content (AvgIpc) is 3.63. The SMILES string of the molecule is CC(C[CH]C(=O)NC(Cc1ccc(OCc2ccccc2)cc1)C(=O)N1CCCC1CN1CCCC1)C(N)=O. The molecule has 209 valence electrons. The van der Waals surface area contributed by atoms with Gasteiger partial charge in [0.15, 0.2) is 0 Å². The Kier molecular flexibility index (Phi) is 10.4. The zero-order valence-corrected chi connectivity index (χ0v) is 22.9. The molecule has 2 saturated heterocycles. The predicted octanol–water partition coefficient (Wildman–Crippen LogP) is 3.10. The first-order chi connectivity index (χ1) is 18.9. The number of hydrogen-bond donors (Lipinski definition) is 2. The Morgan fingerprint density at radius 1 is 1.00 bits per heavy atom. The molecule has 1 radical (unpaired) electrons. The fourth-order valence-corrected chi connectivity index (χ4v) is 5.31. The molecule has 2 aromatic carbocycles. The zero-order valence-electron chi connectivity index (χ0n) is 22.9. The van der Waals surface area contributed by atoms with Crippen LogP contribution in [0.3, 0.4) is 0 Å². The van der Waals surface area contributed by atoms with E-state index in [2.05, 4.69) is 10.2 Å². The third-order valence-corrected chi connectivity index (χ3v) is 7.70. The van der Waals surface area contributed by atoms with E-state index < -0.39 is 17.9 Å². The smallest absolute Gasteiger partial charge is 0.245 e. The summed E-state index contributed by atoms with van der Waals surface area (Å²) in [6, 6.07) is 17.1. The summed E-state index contributed by atoms with van der Waals surface area (Å²) in [5.41, 5.74) is 7.36. The number of carbonyl (C=O) groups is 3. The Balaban J connectivity index is 1.41. The van der Waals surface area contributed by atoms with E-state index in [1.165, 1.54) is 19.3 Å². The zero-order chi connectivity index (χ0) is 27.6. The molecule has 4 rings (SSSR count). The van der Waals surface area contributed by atoms with Crippen molar-refractivity contribution in [1.29, 1.82) is 0 Å². The molecular weight excluding hydrogens is 492 g/mol. The molecule has 2 aliphatic heterocycles. The first-order valence-electron chi connectivity index (χ1n) is 14.1. The highest BCUT2D eigenvalue weighted by atomic mass is 16.5. The maximum Gasteiger partial charge on any atom is 0.245 e. The van der Waals surface area contributed by atoms with Crippen molar-refractivity contribution in [1.82, 2.24) is 15.1 Å². The van der Waals surface area contributed by atoms with Crippen LogP contribution in [0, 0.1) is 12.3 Å². The van der Waals surface area contributed by atoms with Gasteiger partial charge in [0.05, 0.1) is 6.42 Å². The molecule has 0 aliphatic carbocycles. The lowest BCUT2D eigenvalue weighted by Crippen LogP contribution is -2.53. The molecule has 8 nitrogen and oxygen atoms in total. The van der Waals surface area contributed by atoms with Gasteiger partial charge in [0, 0.05) is 31.5 Å². The minimum atomic E-state index is -0.701. The van der Waals surface area contributed by atoms with Gasteiger partial charge in [-0.3, -0.25) is 14.4 Å². The van der Waals surface area contributed by atoms with Crippen molar-refractivity contribution in [2.45, 2.75) is 64.1 Å². The Bertz CT molecular complexity index is 1090. The van der Waals surface area contributed by atoms with Crippen molar-refractivity contribution >= 4 is 17.7 Å². The lowest BCUT2D eigenvalue weighted by molar-refractivity contribution is -0.137. The fraction of sp³-hybridized carbons (Fsp3) is 0.484. The highest BCUT2D eigenvalue weighted by molar-refractivity contribution is 5.92. The highest BCUT2D eigenvalue weighted by Crippen LogP contribution is 2.23. The summed E-state index contributed by atoms with van der Waals surface area (Å²) < 4.78 is 5.90. The van der Waals surface area contributed by atoms with E-state index >= 15 is 0 Å². The van der Waals surface area contributed by atoms with Crippen molar-refractivity contribution in [2.75, 3.05) is 26.2 Å². The second-order valence-electron chi connectivity index (χ2n) is 10.8. The van der Waals surface area contributed by atoms with Gasteiger partial charge in [-0.05, 0) is 68.5 Å². The van der Waals surface area contributed by atoms with E-state index in [4.69, 9.17) is 10.5 Å². The van der Waals surface area contributed by atoms with Crippen molar-refractivity contribution in [2.24, 2.45) is 11.7 Å². The number of primary amides is 1. The van der Waals surface area contributed by atoms with Crippen LogP contribution in [0.25, 0.3) is 0 Å². The van der Waals surface area contributed by atoms with Crippen molar-refractivity contribution < 1.29 is 19.1 Å². The molecule has 3 atom stereocenters. The molecule has 0 saturated carbocycles. The van der Waals surface area contributed by atoms with Crippen LogP contribution in [-0.2, 0) is 27.4 Å². The van der Waals surface area contributed by atoms with Crippen molar-refractivity contribution in [3.63, 3.8) is 0 Å². The summed E-state index contributed by atoms with van der Waals surface area (Å²) in [6.07, 6.45) is 6.40. The van der Waals surface area contributed by atoms with Crippen LogP contribution in [-0.4, -0.2) is 65.8 Å². The molecule has 3 unspecified atom stereocenters. The number of ether oxygens (including phenoxy) is 1. The van der Waals surface area contributed by atoms with Crippen LogP contribution in [0.15, 0.2) is 54.6 Å². The molecule has 0 aromatic heterocycles. The van der Waals surface area contributed by atoms with Gasteiger partial charge in [-0.1, -0.05) is 49.4 Å². The molecule has 3 N–H and O–H groups in total. The summed E-state index contributed by atoms with van der Waals surface area (Å²) in [6.45, 7) is 5.93. The highest BCUT2D eigenvalue weighted by Gasteiger charge is 2.35. The number of nitrogens with zero attached hydrogens (tertiary/aromatic N) is 2. The third kappa shape index (κ3) is 8.55.